The van der Waals surface area contributed by atoms with E-state index in [0.717, 1.165) is 53.2 Å². The zero-order chi connectivity index (χ0) is 21.4. The summed E-state index contributed by atoms with van der Waals surface area (Å²) in [5, 5.41) is 0.663. The second-order valence-electron chi connectivity index (χ2n) is 8.05. The first-order valence-corrected chi connectivity index (χ1v) is 10.9. The minimum atomic E-state index is -0.0505. The molecule has 0 amide bonds. The molecule has 1 aliphatic carbocycles. The molecule has 31 heavy (non-hydrogen) atoms. The molecule has 156 valence electrons. The molecule has 0 radical (unpaired) electrons. The Balaban J connectivity index is 1.41. The van der Waals surface area contributed by atoms with Gasteiger partial charge < -0.3 is 9.47 Å². The van der Waals surface area contributed by atoms with E-state index in [0.29, 0.717) is 30.2 Å². The van der Waals surface area contributed by atoms with Crippen molar-refractivity contribution in [3.63, 3.8) is 0 Å². The Morgan fingerprint density at radius 1 is 1.03 bits per heavy atom. The summed E-state index contributed by atoms with van der Waals surface area (Å²) in [5.74, 6) is 0.323. The molecule has 5 nitrogen and oxygen atoms in total. The zero-order valence-electron chi connectivity index (χ0n) is 17.1. The van der Waals surface area contributed by atoms with Gasteiger partial charge in [0.25, 0.3) is 5.56 Å². The number of anilines is 1. The van der Waals surface area contributed by atoms with Crippen LogP contribution >= 0.6 is 11.6 Å². The van der Waals surface area contributed by atoms with Crippen LogP contribution < -0.4 is 10.5 Å². The molecule has 2 aromatic heterocycles. The van der Waals surface area contributed by atoms with E-state index >= 15 is 0 Å². The molecule has 0 unspecified atom stereocenters. The number of piperidine rings is 1. The van der Waals surface area contributed by atoms with Gasteiger partial charge in [-0.25, -0.2) is 0 Å². The quantitative estimate of drug-likeness (QED) is 0.624. The first kappa shape index (κ1) is 19.8. The van der Waals surface area contributed by atoms with Crippen molar-refractivity contribution in [3.8, 4) is 0 Å². The average molecular weight is 432 g/mol. The third-order valence-electron chi connectivity index (χ3n) is 5.98. The summed E-state index contributed by atoms with van der Waals surface area (Å²) in [5.41, 5.74) is 6.01. The Bertz CT molecular complexity index is 1250. The van der Waals surface area contributed by atoms with Gasteiger partial charge in [-0.1, -0.05) is 29.8 Å². The van der Waals surface area contributed by atoms with Crippen molar-refractivity contribution in [1.82, 2.24) is 9.55 Å². The lowest BCUT2D eigenvalue weighted by Gasteiger charge is -2.28. The van der Waals surface area contributed by atoms with Crippen molar-refractivity contribution in [2.24, 2.45) is 0 Å². The summed E-state index contributed by atoms with van der Waals surface area (Å²) in [6.07, 6.45) is 7.81. The Morgan fingerprint density at radius 3 is 2.65 bits per heavy atom. The SMILES string of the molecule is O=C1CCN(c2cnc3c(c2)C(c2ccn(Cc4cccc(Cl)c4)c(=O)c2)=CC3)CC1. The fraction of sp³-hybridized carbons (Fsp3) is 0.240. The second-order valence-corrected chi connectivity index (χ2v) is 8.48. The summed E-state index contributed by atoms with van der Waals surface area (Å²) in [6.45, 7) is 1.95. The molecule has 2 aliphatic rings. The van der Waals surface area contributed by atoms with Gasteiger partial charge in [0.15, 0.2) is 0 Å². The van der Waals surface area contributed by atoms with Gasteiger partial charge in [0, 0.05) is 55.2 Å². The lowest BCUT2D eigenvalue weighted by molar-refractivity contribution is -0.119. The number of benzene rings is 1. The van der Waals surface area contributed by atoms with Gasteiger partial charge in [0.2, 0.25) is 0 Å². The maximum absolute atomic E-state index is 12.8. The lowest BCUT2D eigenvalue weighted by atomic mass is 10.0. The Hall–Kier alpha value is -3.18. The third-order valence-corrected chi connectivity index (χ3v) is 6.22. The van der Waals surface area contributed by atoms with Crippen LogP contribution in [0.5, 0.6) is 0 Å². The third kappa shape index (κ3) is 4.06. The molecule has 0 saturated carbocycles. The van der Waals surface area contributed by atoms with Crippen LogP contribution in [0.15, 0.2) is 65.7 Å². The van der Waals surface area contributed by atoms with Crippen molar-refractivity contribution in [2.45, 2.75) is 25.8 Å². The summed E-state index contributed by atoms with van der Waals surface area (Å²) >= 11 is 6.07. The van der Waals surface area contributed by atoms with Gasteiger partial charge in [-0.05, 0) is 41.0 Å². The van der Waals surface area contributed by atoms with E-state index in [4.69, 9.17) is 11.6 Å². The number of pyridine rings is 2. The van der Waals surface area contributed by atoms with Crippen molar-refractivity contribution in [1.29, 1.82) is 0 Å². The summed E-state index contributed by atoms with van der Waals surface area (Å²) < 4.78 is 1.69. The lowest BCUT2D eigenvalue weighted by Crippen LogP contribution is -2.33. The summed E-state index contributed by atoms with van der Waals surface area (Å²) in [6, 6.07) is 13.4. The predicted octanol–water partition coefficient (Wildman–Crippen LogP) is 4.10. The van der Waals surface area contributed by atoms with Crippen LogP contribution in [-0.2, 0) is 17.8 Å². The van der Waals surface area contributed by atoms with Gasteiger partial charge in [-0.15, -0.1) is 0 Å². The number of aromatic nitrogens is 2. The number of ketones is 1. The van der Waals surface area contributed by atoms with E-state index in [1.54, 1.807) is 10.6 Å². The molecule has 6 heteroatoms. The molecule has 1 aromatic carbocycles. The van der Waals surface area contributed by atoms with Crippen molar-refractivity contribution in [3.05, 3.63) is 98.7 Å². The van der Waals surface area contributed by atoms with E-state index in [-0.39, 0.29) is 5.56 Å². The van der Waals surface area contributed by atoms with Crippen molar-refractivity contribution < 1.29 is 4.79 Å². The van der Waals surface area contributed by atoms with Crippen LogP contribution in [0.2, 0.25) is 5.02 Å². The second kappa shape index (κ2) is 8.16. The van der Waals surface area contributed by atoms with Crippen LogP contribution in [0.3, 0.4) is 0 Å². The molecular formula is C25H22ClN3O2. The maximum atomic E-state index is 12.8. The number of hydrogen-bond donors (Lipinski definition) is 0. The monoisotopic (exact) mass is 431 g/mol. The molecule has 0 N–H and O–H groups in total. The topological polar surface area (TPSA) is 55.2 Å². The van der Waals surface area contributed by atoms with E-state index in [2.05, 4.69) is 22.0 Å². The highest BCUT2D eigenvalue weighted by molar-refractivity contribution is 6.30. The maximum Gasteiger partial charge on any atom is 0.251 e. The van der Waals surface area contributed by atoms with Crippen molar-refractivity contribution >= 4 is 28.6 Å². The molecule has 3 heterocycles. The summed E-state index contributed by atoms with van der Waals surface area (Å²) in [7, 11) is 0. The number of allylic oxidation sites excluding steroid dienone is 1. The van der Waals surface area contributed by atoms with Gasteiger partial charge in [0.1, 0.15) is 5.78 Å². The molecule has 0 bridgehead atoms. The van der Waals surface area contributed by atoms with Crippen LogP contribution in [-0.4, -0.2) is 28.4 Å². The highest BCUT2D eigenvalue weighted by Crippen LogP contribution is 2.34. The largest absolute Gasteiger partial charge is 0.369 e. The van der Waals surface area contributed by atoms with E-state index < -0.39 is 0 Å². The molecule has 1 saturated heterocycles. The number of halogens is 1. The van der Waals surface area contributed by atoms with E-state index in [1.165, 1.54) is 0 Å². The highest BCUT2D eigenvalue weighted by atomic mass is 35.5. The van der Waals surface area contributed by atoms with Crippen LogP contribution in [0.1, 0.15) is 35.2 Å². The van der Waals surface area contributed by atoms with E-state index in [1.807, 2.05) is 42.7 Å². The zero-order valence-corrected chi connectivity index (χ0v) is 17.8. The molecular weight excluding hydrogens is 410 g/mol. The molecule has 5 rings (SSSR count). The fourth-order valence-electron chi connectivity index (χ4n) is 4.29. The van der Waals surface area contributed by atoms with Gasteiger partial charge in [0.05, 0.1) is 24.1 Å². The number of nitrogens with zero attached hydrogens (tertiary/aromatic N) is 3. The Morgan fingerprint density at radius 2 is 1.87 bits per heavy atom. The van der Waals surface area contributed by atoms with E-state index in [9.17, 15) is 9.59 Å². The predicted molar refractivity (Wildman–Crippen MR) is 123 cm³/mol. The molecule has 0 atom stereocenters. The number of Topliss-reactive ketones (excluding diaryl/α,β-unsaturated/α-hetero) is 1. The number of hydrogen-bond acceptors (Lipinski definition) is 4. The number of carbonyl (C=O) groups is 1. The van der Waals surface area contributed by atoms with Gasteiger partial charge >= 0.3 is 0 Å². The number of fused-ring (bicyclic) bond motifs is 1. The van der Waals surface area contributed by atoms with Crippen molar-refractivity contribution in [2.75, 3.05) is 18.0 Å². The highest BCUT2D eigenvalue weighted by Gasteiger charge is 2.22. The standard InChI is InChI=1S/C25H22ClN3O2/c26-19-3-1-2-17(12-19)16-29-9-6-18(13-25(29)31)22-4-5-24-23(22)14-20(15-27-24)28-10-7-21(30)8-11-28/h1-4,6,9,12-15H,5,7-8,10-11,16H2. The smallest absolute Gasteiger partial charge is 0.251 e. The average Bonchev–Trinajstić information content (AvgIpc) is 3.19. The summed E-state index contributed by atoms with van der Waals surface area (Å²) in [4.78, 5) is 31.2. The Kier molecular flexibility index (Phi) is 5.20. The minimum Gasteiger partial charge on any atom is -0.369 e. The van der Waals surface area contributed by atoms with Crippen LogP contribution in [0.25, 0.3) is 5.57 Å². The minimum absolute atomic E-state index is 0.0505. The molecule has 0 spiro atoms. The molecule has 1 aliphatic heterocycles. The number of rotatable bonds is 4. The van der Waals surface area contributed by atoms with Gasteiger partial charge in [-0.3, -0.25) is 14.6 Å². The van der Waals surface area contributed by atoms with Crippen LogP contribution in [0.4, 0.5) is 5.69 Å². The normalized spacial score (nSPS) is 15.7. The molecule has 3 aromatic rings. The fourth-order valence-corrected chi connectivity index (χ4v) is 4.50. The first-order valence-electron chi connectivity index (χ1n) is 10.5. The van der Waals surface area contributed by atoms with Gasteiger partial charge in [-0.2, -0.15) is 0 Å². The molecule has 1 fully saturated rings. The first-order chi connectivity index (χ1) is 15.1. The Labute approximate surface area is 185 Å². The van der Waals surface area contributed by atoms with Crippen LogP contribution in [0, 0.1) is 0 Å². The number of carbonyl (C=O) groups excluding carboxylic acids is 1.